The summed E-state index contributed by atoms with van der Waals surface area (Å²) >= 11 is 0. The quantitative estimate of drug-likeness (QED) is 0.812. The third-order valence-electron chi connectivity index (χ3n) is 1.95. The van der Waals surface area contributed by atoms with Gasteiger partial charge in [0.2, 0.25) is 0 Å². The van der Waals surface area contributed by atoms with Crippen LogP contribution in [0.15, 0.2) is 30.6 Å². The summed E-state index contributed by atoms with van der Waals surface area (Å²) in [5.74, 6) is 0.707. The van der Waals surface area contributed by atoms with Crippen LogP contribution in [0.4, 0.5) is 0 Å². The van der Waals surface area contributed by atoms with Gasteiger partial charge in [-0.05, 0) is 17.7 Å². The Morgan fingerprint density at radius 1 is 1.33 bits per heavy atom. The van der Waals surface area contributed by atoms with Crippen molar-refractivity contribution < 1.29 is 4.74 Å². The third kappa shape index (κ3) is 2.32. The zero-order valence-corrected chi connectivity index (χ0v) is 8.42. The van der Waals surface area contributed by atoms with Crippen LogP contribution >= 0.6 is 0 Å². The van der Waals surface area contributed by atoms with Gasteiger partial charge >= 0.3 is 6.01 Å². The van der Waals surface area contributed by atoms with Crippen molar-refractivity contribution in [3.05, 3.63) is 36.2 Å². The van der Waals surface area contributed by atoms with E-state index >= 15 is 0 Å². The summed E-state index contributed by atoms with van der Waals surface area (Å²) in [5.41, 5.74) is 6.55. The van der Waals surface area contributed by atoms with E-state index in [1.165, 1.54) is 0 Å². The number of aromatic nitrogens is 3. The zero-order valence-electron chi connectivity index (χ0n) is 8.42. The van der Waals surface area contributed by atoms with Gasteiger partial charge in [0, 0.05) is 13.6 Å². The van der Waals surface area contributed by atoms with Crippen LogP contribution in [-0.4, -0.2) is 14.8 Å². The largest absolute Gasteiger partial charge is 0.423 e. The molecule has 1 aromatic carbocycles. The Hall–Kier alpha value is -1.88. The average Bonchev–Trinajstić information content (AvgIpc) is 2.65. The lowest BCUT2D eigenvalue weighted by molar-refractivity contribution is 0.439. The van der Waals surface area contributed by atoms with E-state index in [1.807, 2.05) is 24.3 Å². The standard InChI is InChI=1S/C10H12N4O/c1-14-7-12-10(13-14)15-9-4-2-8(6-11)3-5-9/h2-5,7H,6,11H2,1H3. The number of ether oxygens (including phenoxy) is 1. The predicted molar refractivity (Wildman–Crippen MR) is 55.4 cm³/mol. The van der Waals surface area contributed by atoms with E-state index in [1.54, 1.807) is 18.1 Å². The minimum absolute atomic E-state index is 0.345. The van der Waals surface area contributed by atoms with Crippen LogP contribution in [-0.2, 0) is 13.6 Å². The maximum absolute atomic E-state index is 5.49. The summed E-state index contributed by atoms with van der Waals surface area (Å²) in [5, 5.41) is 4.01. The number of nitrogens with two attached hydrogens (primary N) is 1. The fraction of sp³-hybridized carbons (Fsp3) is 0.200. The second-order valence-corrected chi connectivity index (χ2v) is 3.15. The molecule has 0 radical (unpaired) electrons. The van der Waals surface area contributed by atoms with Gasteiger partial charge in [-0.15, -0.1) is 5.10 Å². The lowest BCUT2D eigenvalue weighted by atomic mass is 10.2. The summed E-state index contributed by atoms with van der Waals surface area (Å²) < 4.78 is 7.00. The highest BCUT2D eigenvalue weighted by Gasteiger charge is 2.01. The molecular weight excluding hydrogens is 192 g/mol. The second-order valence-electron chi connectivity index (χ2n) is 3.15. The Labute approximate surface area is 87.5 Å². The van der Waals surface area contributed by atoms with Gasteiger partial charge in [-0.1, -0.05) is 12.1 Å². The molecule has 0 aliphatic rings. The molecule has 2 aromatic rings. The van der Waals surface area contributed by atoms with Crippen LogP contribution in [0.2, 0.25) is 0 Å². The Morgan fingerprint density at radius 3 is 2.60 bits per heavy atom. The van der Waals surface area contributed by atoms with Gasteiger partial charge in [-0.25, -0.2) is 0 Å². The van der Waals surface area contributed by atoms with Gasteiger partial charge in [0.25, 0.3) is 0 Å². The maximum Gasteiger partial charge on any atom is 0.340 e. The van der Waals surface area contributed by atoms with Crippen LogP contribution in [0.3, 0.4) is 0 Å². The first-order chi connectivity index (χ1) is 7.28. The second kappa shape index (κ2) is 4.10. The lowest BCUT2D eigenvalue weighted by Crippen LogP contribution is -1.95. The van der Waals surface area contributed by atoms with Gasteiger partial charge in [0.15, 0.2) is 0 Å². The average molecular weight is 204 g/mol. The molecule has 0 atom stereocenters. The van der Waals surface area contributed by atoms with Crippen molar-refractivity contribution in [2.24, 2.45) is 12.8 Å². The number of benzene rings is 1. The molecule has 15 heavy (non-hydrogen) atoms. The van der Waals surface area contributed by atoms with Crippen LogP contribution in [0, 0.1) is 0 Å². The van der Waals surface area contributed by atoms with Crippen molar-refractivity contribution >= 4 is 0 Å². The van der Waals surface area contributed by atoms with E-state index in [0.29, 0.717) is 18.3 Å². The Kier molecular flexibility index (Phi) is 2.64. The third-order valence-corrected chi connectivity index (χ3v) is 1.95. The molecule has 1 heterocycles. The number of hydrogen-bond acceptors (Lipinski definition) is 4. The Balaban J connectivity index is 2.11. The van der Waals surface area contributed by atoms with Gasteiger partial charge < -0.3 is 10.5 Å². The van der Waals surface area contributed by atoms with E-state index in [0.717, 1.165) is 5.56 Å². The maximum atomic E-state index is 5.49. The number of rotatable bonds is 3. The van der Waals surface area contributed by atoms with Crippen molar-refractivity contribution in [1.29, 1.82) is 0 Å². The molecule has 0 fully saturated rings. The van der Waals surface area contributed by atoms with Crippen molar-refractivity contribution in [2.75, 3.05) is 0 Å². The van der Waals surface area contributed by atoms with Crippen LogP contribution < -0.4 is 10.5 Å². The summed E-state index contributed by atoms with van der Waals surface area (Å²) in [6, 6.07) is 7.87. The first-order valence-corrected chi connectivity index (χ1v) is 4.60. The molecule has 0 bridgehead atoms. The zero-order chi connectivity index (χ0) is 10.7. The van der Waals surface area contributed by atoms with Crippen LogP contribution in [0.25, 0.3) is 0 Å². The van der Waals surface area contributed by atoms with Crippen molar-refractivity contribution in [2.45, 2.75) is 6.54 Å². The first kappa shape index (κ1) is 9.67. The van der Waals surface area contributed by atoms with E-state index in [-0.39, 0.29) is 0 Å². The van der Waals surface area contributed by atoms with Crippen LogP contribution in [0.5, 0.6) is 11.8 Å². The van der Waals surface area contributed by atoms with Crippen LogP contribution in [0.1, 0.15) is 5.56 Å². The molecule has 0 amide bonds. The first-order valence-electron chi connectivity index (χ1n) is 4.60. The van der Waals surface area contributed by atoms with E-state index in [2.05, 4.69) is 10.1 Å². The fourth-order valence-electron chi connectivity index (χ4n) is 1.17. The van der Waals surface area contributed by atoms with Gasteiger partial charge in [-0.3, -0.25) is 4.68 Å². The summed E-state index contributed by atoms with van der Waals surface area (Å²) in [6.45, 7) is 0.530. The van der Waals surface area contributed by atoms with Crippen molar-refractivity contribution in [1.82, 2.24) is 14.8 Å². The highest BCUT2D eigenvalue weighted by molar-refractivity contribution is 5.28. The number of aryl methyl sites for hydroxylation is 1. The predicted octanol–water partition coefficient (Wildman–Crippen LogP) is 1.07. The number of hydrogen-bond donors (Lipinski definition) is 1. The summed E-state index contributed by atoms with van der Waals surface area (Å²) in [7, 11) is 1.79. The van der Waals surface area contributed by atoms with E-state index < -0.39 is 0 Å². The molecule has 0 saturated carbocycles. The Morgan fingerprint density at radius 2 is 2.07 bits per heavy atom. The van der Waals surface area contributed by atoms with E-state index in [9.17, 15) is 0 Å². The Bertz CT molecular complexity index is 435. The van der Waals surface area contributed by atoms with E-state index in [4.69, 9.17) is 10.5 Å². The van der Waals surface area contributed by atoms with Gasteiger partial charge in [0.05, 0.1) is 0 Å². The minimum atomic E-state index is 0.345. The SMILES string of the molecule is Cn1cnc(Oc2ccc(CN)cc2)n1. The smallest absolute Gasteiger partial charge is 0.340 e. The summed E-state index contributed by atoms with van der Waals surface area (Å²) in [6.07, 6.45) is 1.59. The molecule has 5 nitrogen and oxygen atoms in total. The molecule has 78 valence electrons. The van der Waals surface area contributed by atoms with Crippen molar-refractivity contribution in [3.8, 4) is 11.8 Å². The highest BCUT2D eigenvalue weighted by Crippen LogP contribution is 2.17. The molecule has 0 aliphatic carbocycles. The molecular formula is C10H12N4O. The fourth-order valence-corrected chi connectivity index (χ4v) is 1.17. The van der Waals surface area contributed by atoms with Gasteiger partial charge in [0.1, 0.15) is 12.1 Å². The normalized spacial score (nSPS) is 10.3. The molecule has 2 N–H and O–H groups in total. The summed E-state index contributed by atoms with van der Waals surface area (Å²) in [4.78, 5) is 3.96. The molecule has 0 unspecified atom stereocenters. The minimum Gasteiger partial charge on any atom is -0.423 e. The topological polar surface area (TPSA) is 66.0 Å². The molecule has 5 heteroatoms. The molecule has 0 saturated heterocycles. The number of nitrogens with zero attached hydrogens (tertiary/aromatic N) is 3. The molecule has 0 spiro atoms. The van der Waals surface area contributed by atoms with Crippen molar-refractivity contribution in [3.63, 3.8) is 0 Å². The van der Waals surface area contributed by atoms with Gasteiger partial charge in [-0.2, -0.15) is 4.98 Å². The molecule has 2 rings (SSSR count). The molecule has 1 aromatic heterocycles. The monoisotopic (exact) mass is 204 g/mol. The lowest BCUT2D eigenvalue weighted by Gasteiger charge is -2.01. The molecule has 0 aliphatic heterocycles. The highest BCUT2D eigenvalue weighted by atomic mass is 16.5.